The molecule has 0 aliphatic heterocycles. The Morgan fingerprint density at radius 3 is 2.77 bits per heavy atom. The summed E-state index contributed by atoms with van der Waals surface area (Å²) < 4.78 is 46.7. The smallest absolute Gasteiger partial charge is 0.446 e. The first-order chi connectivity index (χ1) is 14.7. The first-order valence-corrected chi connectivity index (χ1v) is 9.63. The Morgan fingerprint density at radius 1 is 1.42 bits per heavy atom. The molecule has 0 fully saturated rings. The molecule has 0 saturated heterocycles. The summed E-state index contributed by atoms with van der Waals surface area (Å²) in [4.78, 5) is 25.8. The highest BCUT2D eigenvalue weighted by Gasteiger charge is 2.23. The fourth-order valence-corrected chi connectivity index (χ4v) is 2.57. The summed E-state index contributed by atoms with van der Waals surface area (Å²) in [6, 6.07) is 3.84. The number of carboxylic acid groups (broad SMARTS) is 1. The molecule has 15 nitrogen and oxygen atoms in total. The van der Waals surface area contributed by atoms with Crippen LogP contribution in [-0.2, 0) is 16.1 Å². The van der Waals surface area contributed by atoms with Gasteiger partial charge in [0.15, 0.2) is 0 Å². The SMILES string of the molecule is NC(=O)O.O=c1onc(-c2nonc2NOCCNS(=O)[O-])n1-c1ccc(F)c(Br)c1. The van der Waals surface area contributed by atoms with Gasteiger partial charge in [0, 0.05) is 17.8 Å². The number of halogens is 2. The van der Waals surface area contributed by atoms with E-state index in [1.807, 2.05) is 0 Å². The van der Waals surface area contributed by atoms with Crippen LogP contribution in [0.25, 0.3) is 17.2 Å². The molecule has 0 aliphatic carbocycles. The molecular weight excluding hydrogens is 513 g/mol. The Balaban J connectivity index is 0.000000785. The molecule has 1 amide bonds. The van der Waals surface area contributed by atoms with E-state index in [4.69, 9.17) is 14.7 Å². The molecule has 168 valence electrons. The van der Waals surface area contributed by atoms with Crippen molar-refractivity contribution in [2.45, 2.75) is 0 Å². The van der Waals surface area contributed by atoms with Gasteiger partial charge in [-0.25, -0.2) is 33.4 Å². The third-order valence-corrected chi connectivity index (χ3v) is 4.11. The second kappa shape index (κ2) is 11.3. The number of carbonyl (C=O) groups is 1. The Hall–Kier alpha value is -3.19. The summed E-state index contributed by atoms with van der Waals surface area (Å²) in [6.07, 6.45) is -1.33. The predicted octanol–water partition coefficient (Wildman–Crippen LogP) is 0.127. The average molecular weight is 525 g/mol. The minimum absolute atomic E-state index is 0.00198. The van der Waals surface area contributed by atoms with Gasteiger partial charge in [0.2, 0.25) is 17.3 Å². The molecule has 3 aromatic rings. The monoisotopic (exact) mass is 524 g/mol. The van der Waals surface area contributed by atoms with Crippen molar-refractivity contribution in [2.24, 2.45) is 5.73 Å². The Bertz CT molecular complexity index is 1120. The second-order valence-electron chi connectivity index (χ2n) is 5.09. The van der Waals surface area contributed by atoms with Crippen molar-refractivity contribution in [2.75, 3.05) is 18.6 Å². The zero-order valence-electron chi connectivity index (χ0n) is 15.0. The third-order valence-electron chi connectivity index (χ3n) is 3.06. The van der Waals surface area contributed by atoms with Gasteiger partial charge in [0.1, 0.15) is 5.82 Å². The molecule has 1 aromatic carbocycles. The summed E-state index contributed by atoms with van der Waals surface area (Å²) in [6.45, 7) is -0.0428. The van der Waals surface area contributed by atoms with Crippen molar-refractivity contribution in [1.82, 2.24) is 24.8 Å². The molecule has 0 saturated carbocycles. The van der Waals surface area contributed by atoms with Crippen LogP contribution in [0.15, 0.2) is 36.6 Å². The Morgan fingerprint density at radius 2 is 2.13 bits per heavy atom. The van der Waals surface area contributed by atoms with Gasteiger partial charge < -0.3 is 15.4 Å². The molecule has 1 atom stereocenters. The zero-order chi connectivity index (χ0) is 23.0. The van der Waals surface area contributed by atoms with E-state index in [1.165, 1.54) is 12.1 Å². The molecule has 1 unspecified atom stereocenters. The number of nitrogens with zero attached hydrogens (tertiary/aromatic N) is 4. The highest BCUT2D eigenvalue weighted by molar-refractivity contribution is 9.10. The van der Waals surface area contributed by atoms with Gasteiger partial charge in [-0.2, -0.15) is 0 Å². The van der Waals surface area contributed by atoms with Crippen molar-refractivity contribution < 1.29 is 37.0 Å². The Kier molecular flexibility index (Phi) is 8.75. The molecular formula is C13H12BrFN7O8S-. The number of aromatic nitrogens is 4. The van der Waals surface area contributed by atoms with Gasteiger partial charge in [-0.15, -0.1) is 0 Å². The zero-order valence-corrected chi connectivity index (χ0v) is 17.4. The fraction of sp³-hybridized carbons (Fsp3) is 0.154. The van der Waals surface area contributed by atoms with Crippen LogP contribution in [0.4, 0.5) is 15.0 Å². The highest BCUT2D eigenvalue weighted by Crippen LogP contribution is 2.26. The molecule has 0 spiro atoms. The lowest BCUT2D eigenvalue weighted by Crippen LogP contribution is -2.22. The number of anilines is 1. The number of nitrogens with one attached hydrogen (secondary N) is 2. The third kappa shape index (κ3) is 6.93. The first-order valence-electron chi connectivity index (χ1n) is 7.76. The lowest BCUT2D eigenvalue weighted by atomic mass is 10.3. The van der Waals surface area contributed by atoms with Gasteiger partial charge in [-0.05, 0) is 44.4 Å². The van der Waals surface area contributed by atoms with Crippen LogP contribution in [0.1, 0.15) is 0 Å². The maximum Gasteiger partial charge on any atom is 0.446 e. The summed E-state index contributed by atoms with van der Waals surface area (Å²) in [5.74, 6) is -1.48. The molecule has 3 rings (SSSR count). The van der Waals surface area contributed by atoms with Gasteiger partial charge in [-0.3, -0.25) is 13.6 Å². The van der Waals surface area contributed by atoms with Crippen molar-refractivity contribution in [3.05, 3.63) is 39.0 Å². The number of hydrogen-bond donors (Lipinski definition) is 4. The fourth-order valence-electron chi connectivity index (χ4n) is 1.95. The molecule has 0 aliphatic rings. The van der Waals surface area contributed by atoms with Crippen LogP contribution in [0.5, 0.6) is 0 Å². The molecule has 0 bridgehead atoms. The Labute approximate surface area is 181 Å². The molecule has 2 aromatic heterocycles. The number of primary amides is 1. The quantitative estimate of drug-likeness (QED) is 0.175. The standard InChI is InChI=1S/C12H10BrFN6O6S.CH3NO2/c13-7-5-6(1-2-8(7)14)20-11(19-25-12(20)21)9-10(18-26-16-9)17-24-4-3-15-27(22)23;2-1(3)4/h1-2,5,15H,3-4H2,(H,17,18)(H,22,23);2H2,(H,3,4)/p-1. The number of nitrogens with two attached hydrogens (primary N) is 1. The van der Waals surface area contributed by atoms with E-state index >= 15 is 0 Å². The highest BCUT2D eigenvalue weighted by atomic mass is 79.9. The van der Waals surface area contributed by atoms with E-state index in [0.29, 0.717) is 0 Å². The van der Waals surface area contributed by atoms with E-state index in [1.54, 1.807) is 0 Å². The van der Waals surface area contributed by atoms with E-state index in [-0.39, 0.29) is 40.6 Å². The van der Waals surface area contributed by atoms with Crippen LogP contribution < -0.4 is 21.7 Å². The second-order valence-corrected chi connectivity index (χ2v) is 6.70. The topological polar surface area (TPSA) is 224 Å². The van der Waals surface area contributed by atoms with E-state index in [0.717, 1.165) is 10.6 Å². The average Bonchev–Trinajstić information content (AvgIpc) is 3.29. The van der Waals surface area contributed by atoms with E-state index < -0.39 is 28.9 Å². The minimum atomic E-state index is -2.41. The van der Waals surface area contributed by atoms with E-state index in [9.17, 15) is 17.9 Å². The van der Waals surface area contributed by atoms with Crippen LogP contribution in [0.3, 0.4) is 0 Å². The van der Waals surface area contributed by atoms with Gasteiger partial charge in [0.05, 0.1) is 16.8 Å². The molecule has 5 N–H and O–H groups in total. The van der Waals surface area contributed by atoms with Gasteiger partial charge in [-0.1, -0.05) is 5.16 Å². The lowest BCUT2D eigenvalue weighted by molar-refractivity contribution is 0.195. The van der Waals surface area contributed by atoms with E-state index in [2.05, 4.69) is 56.5 Å². The number of benzene rings is 1. The summed E-state index contributed by atoms with van der Waals surface area (Å²) in [5, 5.41) is 18.0. The van der Waals surface area contributed by atoms with Gasteiger partial charge >= 0.3 is 11.8 Å². The van der Waals surface area contributed by atoms with Crippen molar-refractivity contribution >= 4 is 39.1 Å². The summed E-state index contributed by atoms with van der Waals surface area (Å²) >= 11 is 0.623. The molecule has 2 heterocycles. The van der Waals surface area contributed by atoms with Crippen molar-refractivity contribution in [3.8, 4) is 17.2 Å². The molecule has 18 heteroatoms. The number of rotatable bonds is 8. The van der Waals surface area contributed by atoms with Crippen LogP contribution in [0.2, 0.25) is 0 Å². The van der Waals surface area contributed by atoms with Crippen molar-refractivity contribution in [1.29, 1.82) is 0 Å². The van der Waals surface area contributed by atoms with Gasteiger partial charge in [0.25, 0.3) is 0 Å². The largest absolute Gasteiger partial charge is 0.760 e. The molecule has 31 heavy (non-hydrogen) atoms. The normalized spacial score (nSPS) is 11.5. The number of hydrogen-bond acceptors (Lipinski definition) is 11. The number of amides is 1. The predicted molar refractivity (Wildman–Crippen MR) is 102 cm³/mol. The maximum absolute atomic E-state index is 13.5. The van der Waals surface area contributed by atoms with Crippen LogP contribution in [0, 0.1) is 5.82 Å². The summed E-state index contributed by atoms with van der Waals surface area (Å²) in [5.41, 5.74) is 6.65. The lowest BCUT2D eigenvalue weighted by Gasteiger charge is -2.08. The first kappa shape index (κ1) is 24.1. The van der Waals surface area contributed by atoms with Crippen LogP contribution in [-0.4, -0.2) is 53.2 Å². The molecule has 0 radical (unpaired) electrons. The summed E-state index contributed by atoms with van der Waals surface area (Å²) in [7, 11) is 0. The minimum Gasteiger partial charge on any atom is -0.760 e. The maximum atomic E-state index is 13.5. The van der Waals surface area contributed by atoms with Crippen molar-refractivity contribution in [3.63, 3.8) is 0 Å². The van der Waals surface area contributed by atoms with Crippen LogP contribution >= 0.6 is 15.9 Å².